The van der Waals surface area contributed by atoms with Crippen LogP contribution in [-0.2, 0) is 0 Å². The molecule has 0 saturated carbocycles. The molecule has 6 heteroatoms. The van der Waals surface area contributed by atoms with E-state index < -0.39 is 0 Å². The SMILES string of the molecule is CCN1CCN(c2nc(-c3ccccc3)ncc2C(=O)Nc2cc(C)cc(C)c2)CC1. The molecule has 1 aliphatic heterocycles. The van der Waals surface area contributed by atoms with Crippen molar-refractivity contribution in [1.29, 1.82) is 0 Å². The highest BCUT2D eigenvalue weighted by atomic mass is 16.1. The van der Waals surface area contributed by atoms with Gasteiger partial charge in [-0.1, -0.05) is 43.3 Å². The summed E-state index contributed by atoms with van der Waals surface area (Å²) in [4.78, 5) is 27.2. The van der Waals surface area contributed by atoms with Crippen molar-refractivity contribution in [2.24, 2.45) is 0 Å². The van der Waals surface area contributed by atoms with Crippen LogP contribution in [0, 0.1) is 13.8 Å². The minimum atomic E-state index is -0.183. The van der Waals surface area contributed by atoms with Gasteiger partial charge in [0.15, 0.2) is 5.82 Å². The second-order valence-corrected chi connectivity index (χ2v) is 8.05. The van der Waals surface area contributed by atoms with Crippen molar-refractivity contribution >= 4 is 17.4 Å². The van der Waals surface area contributed by atoms with Gasteiger partial charge in [0.1, 0.15) is 11.4 Å². The molecular formula is C25H29N5O. The lowest BCUT2D eigenvalue weighted by molar-refractivity contribution is 0.102. The number of hydrogen-bond donors (Lipinski definition) is 1. The van der Waals surface area contributed by atoms with Crippen molar-refractivity contribution in [2.75, 3.05) is 42.9 Å². The van der Waals surface area contributed by atoms with Gasteiger partial charge in [-0.2, -0.15) is 0 Å². The first kappa shape index (κ1) is 21.0. The summed E-state index contributed by atoms with van der Waals surface area (Å²) in [6, 6.07) is 15.9. The molecule has 0 radical (unpaired) electrons. The number of piperazine rings is 1. The number of anilines is 2. The molecule has 1 saturated heterocycles. The van der Waals surface area contributed by atoms with E-state index >= 15 is 0 Å². The number of carbonyl (C=O) groups excluding carboxylic acids is 1. The van der Waals surface area contributed by atoms with Gasteiger partial charge < -0.3 is 15.1 Å². The molecule has 31 heavy (non-hydrogen) atoms. The number of nitrogens with zero attached hydrogens (tertiary/aromatic N) is 4. The first-order valence-electron chi connectivity index (χ1n) is 10.8. The van der Waals surface area contributed by atoms with Gasteiger partial charge in [0.25, 0.3) is 5.91 Å². The van der Waals surface area contributed by atoms with Crippen molar-refractivity contribution in [3.8, 4) is 11.4 Å². The monoisotopic (exact) mass is 415 g/mol. The van der Waals surface area contributed by atoms with Gasteiger partial charge in [-0.15, -0.1) is 0 Å². The van der Waals surface area contributed by atoms with E-state index in [0.29, 0.717) is 17.2 Å². The fourth-order valence-electron chi connectivity index (χ4n) is 4.02. The molecule has 4 rings (SSSR count). The molecule has 3 aromatic rings. The minimum absolute atomic E-state index is 0.183. The Hall–Kier alpha value is -3.25. The number of carbonyl (C=O) groups is 1. The maximum Gasteiger partial charge on any atom is 0.261 e. The van der Waals surface area contributed by atoms with Crippen LogP contribution >= 0.6 is 0 Å². The van der Waals surface area contributed by atoms with Crippen molar-refractivity contribution in [1.82, 2.24) is 14.9 Å². The fraction of sp³-hybridized carbons (Fsp3) is 0.320. The lowest BCUT2D eigenvalue weighted by atomic mass is 10.1. The molecule has 1 aromatic heterocycles. The van der Waals surface area contributed by atoms with Crippen LogP contribution in [0.3, 0.4) is 0 Å². The third-order valence-corrected chi connectivity index (χ3v) is 5.64. The Bertz CT molecular complexity index is 1040. The van der Waals surface area contributed by atoms with E-state index in [0.717, 1.165) is 55.1 Å². The molecule has 1 amide bonds. The average molecular weight is 416 g/mol. The Morgan fingerprint density at radius 3 is 2.32 bits per heavy atom. The van der Waals surface area contributed by atoms with Gasteiger partial charge in [-0.3, -0.25) is 4.79 Å². The Balaban J connectivity index is 1.67. The van der Waals surface area contributed by atoms with Gasteiger partial charge in [-0.25, -0.2) is 9.97 Å². The summed E-state index contributed by atoms with van der Waals surface area (Å²) in [7, 11) is 0. The number of amides is 1. The molecule has 1 aliphatic rings. The van der Waals surface area contributed by atoms with Crippen LogP contribution in [0.4, 0.5) is 11.5 Å². The fourth-order valence-corrected chi connectivity index (χ4v) is 4.02. The molecule has 2 aromatic carbocycles. The maximum atomic E-state index is 13.2. The predicted molar refractivity (Wildman–Crippen MR) is 126 cm³/mol. The second-order valence-electron chi connectivity index (χ2n) is 8.05. The molecule has 160 valence electrons. The average Bonchev–Trinajstić information content (AvgIpc) is 2.78. The molecule has 0 bridgehead atoms. The largest absolute Gasteiger partial charge is 0.353 e. The Kier molecular flexibility index (Phi) is 6.28. The van der Waals surface area contributed by atoms with Crippen molar-refractivity contribution < 1.29 is 4.79 Å². The minimum Gasteiger partial charge on any atom is -0.353 e. The van der Waals surface area contributed by atoms with Crippen LogP contribution in [0.15, 0.2) is 54.7 Å². The molecule has 2 heterocycles. The number of aryl methyl sites for hydroxylation is 2. The van der Waals surface area contributed by atoms with Crippen molar-refractivity contribution in [2.45, 2.75) is 20.8 Å². The molecule has 0 aliphatic carbocycles. The van der Waals surface area contributed by atoms with Gasteiger partial charge in [0.05, 0.1) is 0 Å². The molecule has 0 spiro atoms. The Morgan fingerprint density at radius 1 is 1.00 bits per heavy atom. The summed E-state index contributed by atoms with van der Waals surface area (Å²) in [5.41, 5.74) is 4.46. The molecule has 1 fully saturated rings. The number of rotatable bonds is 5. The highest BCUT2D eigenvalue weighted by molar-refractivity contribution is 6.07. The molecule has 0 unspecified atom stereocenters. The van der Waals surface area contributed by atoms with Crippen LogP contribution in [0.1, 0.15) is 28.4 Å². The standard InChI is InChI=1S/C25H29N5O/c1-4-29-10-12-30(13-11-29)24-22(17-26-23(28-24)20-8-6-5-7-9-20)25(31)27-21-15-18(2)14-19(3)16-21/h5-9,14-17H,4,10-13H2,1-3H3,(H,27,31). The number of hydrogen-bond acceptors (Lipinski definition) is 5. The first-order chi connectivity index (χ1) is 15.0. The topological polar surface area (TPSA) is 61.4 Å². The van der Waals surface area contributed by atoms with Gasteiger partial charge in [-0.05, 0) is 43.7 Å². The molecule has 1 N–H and O–H groups in total. The second kappa shape index (κ2) is 9.27. The van der Waals surface area contributed by atoms with E-state index in [9.17, 15) is 4.79 Å². The third-order valence-electron chi connectivity index (χ3n) is 5.64. The number of aromatic nitrogens is 2. The number of nitrogens with one attached hydrogen (secondary N) is 1. The first-order valence-corrected chi connectivity index (χ1v) is 10.8. The lowest BCUT2D eigenvalue weighted by Crippen LogP contribution is -2.47. The van der Waals surface area contributed by atoms with Crippen LogP contribution in [0.25, 0.3) is 11.4 Å². The molecule has 6 nitrogen and oxygen atoms in total. The van der Waals surface area contributed by atoms with Gasteiger partial charge >= 0.3 is 0 Å². The van der Waals surface area contributed by atoms with Gasteiger partial charge in [0, 0.05) is 43.6 Å². The predicted octanol–water partition coefficient (Wildman–Crippen LogP) is 4.15. The van der Waals surface area contributed by atoms with Crippen LogP contribution in [-0.4, -0.2) is 53.5 Å². The van der Waals surface area contributed by atoms with E-state index in [4.69, 9.17) is 4.98 Å². The van der Waals surface area contributed by atoms with E-state index in [-0.39, 0.29) is 5.91 Å². The summed E-state index contributed by atoms with van der Waals surface area (Å²) in [5.74, 6) is 1.15. The van der Waals surface area contributed by atoms with Gasteiger partial charge in [0.2, 0.25) is 0 Å². The Morgan fingerprint density at radius 2 is 1.68 bits per heavy atom. The van der Waals surface area contributed by atoms with Crippen LogP contribution in [0.5, 0.6) is 0 Å². The zero-order chi connectivity index (χ0) is 21.8. The lowest BCUT2D eigenvalue weighted by Gasteiger charge is -2.35. The van der Waals surface area contributed by atoms with E-state index in [1.54, 1.807) is 6.20 Å². The van der Waals surface area contributed by atoms with E-state index in [1.165, 1.54) is 0 Å². The van der Waals surface area contributed by atoms with Crippen molar-refractivity contribution in [3.05, 3.63) is 71.4 Å². The zero-order valence-corrected chi connectivity index (χ0v) is 18.4. The Labute approximate surface area is 183 Å². The number of benzene rings is 2. The van der Waals surface area contributed by atoms with Crippen LogP contribution < -0.4 is 10.2 Å². The third kappa shape index (κ3) is 4.91. The number of likely N-dealkylation sites (N-methyl/N-ethyl adjacent to an activating group) is 1. The highest BCUT2D eigenvalue weighted by Crippen LogP contribution is 2.25. The zero-order valence-electron chi connectivity index (χ0n) is 18.4. The highest BCUT2D eigenvalue weighted by Gasteiger charge is 2.24. The van der Waals surface area contributed by atoms with Crippen LogP contribution in [0.2, 0.25) is 0 Å². The van der Waals surface area contributed by atoms with Crippen molar-refractivity contribution in [3.63, 3.8) is 0 Å². The molecule has 0 atom stereocenters. The summed E-state index contributed by atoms with van der Waals surface area (Å²) >= 11 is 0. The smallest absolute Gasteiger partial charge is 0.261 e. The maximum absolute atomic E-state index is 13.2. The summed E-state index contributed by atoms with van der Waals surface area (Å²) in [6.45, 7) is 10.9. The normalized spacial score (nSPS) is 14.5. The quantitative estimate of drug-likeness (QED) is 0.678. The summed E-state index contributed by atoms with van der Waals surface area (Å²) < 4.78 is 0. The van der Waals surface area contributed by atoms with E-state index in [2.05, 4.69) is 33.1 Å². The molecular weight excluding hydrogens is 386 g/mol. The summed E-state index contributed by atoms with van der Waals surface area (Å²) in [6.07, 6.45) is 1.66. The van der Waals surface area contributed by atoms with E-state index in [1.807, 2.05) is 56.3 Å². The summed E-state index contributed by atoms with van der Waals surface area (Å²) in [5, 5.41) is 3.04.